The maximum absolute atomic E-state index is 12.6. The molecule has 1 N–H and O–H groups in total. The first kappa shape index (κ1) is 15.0. The number of hydrogen-bond acceptors (Lipinski definition) is 3. The van der Waals surface area contributed by atoms with E-state index in [0.717, 1.165) is 25.2 Å². The summed E-state index contributed by atoms with van der Waals surface area (Å²) in [6.45, 7) is 7.62. The van der Waals surface area contributed by atoms with Crippen LogP contribution in [0, 0.1) is 0 Å². The molecule has 1 heterocycles. The largest absolute Gasteiger partial charge is 0.389 e. The molecule has 1 atom stereocenters. The number of para-hydroxylation sites is 1. The number of benzene rings is 1. The van der Waals surface area contributed by atoms with E-state index in [1.807, 2.05) is 42.2 Å². The van der Waals surface area contributed by atoms with Crippen LogP contribution in [0.25, 0.3) is 0 Å². The summed E-state index contributed by atoms with van der Waals surface area (Å²) in [5, 5.41) is 9.98. The molecule has 20 heavy (non-hydrogen) atoms. The van der Waals surface area contributed by atoms with Gasteiger partial charge < -0.3 is 10.0 Å². The minimum absolute atomic E-state index is 0.119. The number of aliphatic hydroxyl groups is 1. The lowest BCUT2D eigenvalue weighted by molar-refractivity contribution is -0.122. The summed E-state index contributed by atoms with van der Waals surface area (Å²) in [4.78, 5) is 16.5. The van der Waals surface area contributed by atoms with Crippen LogP contribution in [0.15, 0.2) is 30.3 Å². The third kappa shape index (κ3) is 3.38. The van der Waals surface area contributed by atoms with Gasteiger partial charge in [-0.1, -0.05) is 25.1 Å². The predicted octanol–water partition coefficient (Wildman–Crippen LogP) is 1.88. The molecule has 0 spiro atoms. The highest BCUT2D eigenvalue weighted by Gasteiger charge is 2.37. The number of hydrogen-bond donors (Lipinski definition) is 1. The molecule has 4 nitrogen and oxygen atoms in total. The smallest absolute Gasteiger partial charge is 0.244 e. The standard InChI is InChI=1S/C16H24N2O2/c1-4-17(12-16(2,3)20)14-10-11-18(15(14)19)13-8-6-5-7-9-13/h5-9,14,20H,4,10-12H2,1-3H3. The molecular formula is C16H24N2O2. The second-order valence-corrected chi connectivity index (χ2v) is 6.01. The molecule has 1 aromatic carbocycles. The lowest BCUT2D eigenvalue weighted by Crippen LogP contribution is -2.47. The summed E-state index contributed by atoms with van der Waals surface area (Å²) in [5.74, 6) is 0.141. The zero-order valence-electron chi connectivity index (χ0n) is 12.5. The van der Waals surface area contributed by atoms with E-state index in [2.05, 4.69) is 4.90 Å². The molecule has 0 radical (unpaired) electrons. The maximum Gasteiger partial charge on any atom is 0.244 e. The van der Waals surface area contributed by atoms with Crippen LogP contribution >= 0.6 is 0 Å². The summed E-state index contributed by atoms with van der Waals surface area (Å²) in [6.07, 6.45) is 0.817. The fourth-order valence-electron chi connectivity index (χ4n) is 2.81. The quantitative estimate of drug-likeness (QED) is 0.893. The fraction of sp³-hybridized carbons (Fsp3) is 0.562. The first-order valence-corrected chi connectivity index (χ1v) is 7.25. The molecule has 0 bridgehead atoms. The zero-order valence-corrected chi connectivity index (χ0v) is 12.5. The lowest BCUT2D eigenvalue weighted by Gasteiger charge is -2.31. The summed E-state index contributed by atoms with van der Waals surface area (Å²) >= 11 is 0. The van der Waals surface area contributed by atoms with Crippen LogP contribution in [0.4, 0.5) is 5.69 Å². The summed E-state index contributed by atoms with van der Waals surface area (Å²) in [5.41, 5.74) is 0.176. The van der Waals surface area contributed by atoms with Crippen molar-refractivity contribution >= 4 is 11.6 Å². The molecule has 1 unspecified atom stereocenters. The van der Waals surface area contributed by atoms with Crippen molar-refractivity contribution in [3.63, 3.8) is 0 Å². The van der Waals surface area contributed by atoms with Crippen LogP contribution in [0.5, 0.6) is 0 Å². The number of carbonyl (C=O) groups excluding carboxylic acids is 1. The number of nitrogens with zero attached hydrogens (tertiary/aromatic N) is 2. The number of amides is 1. The first-order chi connectivity index (χ1) is 9.42. The highest BCUT2D eigenvalue weighted by molar-refractivity contribution is 5.99. The van der Waals surface area contributed by atoms with Gasteiger partial charge in [0.25, 0.3) is 0 Å². The molecule has 0 saturated carbocycles. The minimum atomic E-state index is -0.781. The molecule has 2 rings (SSSR count). The summed E-state index contributed by atoms with van der Waals surface area (Å²) < 4.78 is 0. The SMILES string of the molecule is CCN(CC(C)(C)O)C1CCN(c2ccccc2)C1=O. The van der Waals surface area contributed by atoms with Gasteiger partial charge >= 0.3 is 0 Å². The maximum atomic E-state index is 12.6. The summed E-state index contributed by atoms with van der Waals surface area (Å²) in [6, 6.07) is 9.66. The third-order valence-corrected chi connectivity index (χ3v) is 3.68. The van der Waals surface area contributed by atoms with Crippen LogP contribution in [0.3, 0.4) is 0 Å². The van der Waals surface area contributed by atoms with Crippen LogP contribution in [-0.4, -0.2) is 47.2 Å². The fourth-order valence-corrected chi connectivity index (χ4v) is 2.81. The van der Waals surface area contributed by atoms with Gasteiger partial charge in [0.1, 0.15) is 0 Å². The molecule has 1 aliphatic heterocycles. The Bertz CT molecular complexity index is 453. The van der Waals surface area contributed by atoms with Gasteiger partial charge in [0, 0.05) is 18.8 Å². The van der Waals surface area contributed by atoms with E-state index >= 15 is 0 Å². The van der Waals surface area contributed by atoms with Crippen LogP contribution in [-0.2, 0) is 4.79 Å². The van der Waals surface area contributed by atoms with E-state index in [0.29, 0.717) is 6.54 Å². The molecule has 1 aliphatic rings. The normalized spacial score (nSPS) is 19.9. The molecule has 1 aromatic rings. The van der Waals surface area contributed by atoms with Gasteiger partial charge in [0.2, 0.25) is 5.91 Å². The van der Waals surface area contributed by atoms with E-state index in [4.69, 9.17) is 0 Å². The molecule has 0 aliphatic carbocycles. The molecule has 0 aromatic heterocycles. The monoisotopic (exact) mass is 276 g/mol. The third-order valence-electron chi connectivity index (χ3n) is 3.68. The van der Waals surface area contributed by atoms with Crippen molar-refractivity contribution in [2.24, 2.45) is 0 Å². The lowest BCUT2D eigenvalue weighted by atomic mass is 10.1. The van der Waals surface area contributed by atoms with Gasteiger partial charge in [-0.3, -0.25) is 9.69 Å². The average Bonchev–Trinajstić information content (AvgIpc) is 2.78. The Morgan fingerprint density at radius 2 is 2.00 bits per heavy atom. The van der Waals surface area contributed by atoms with Crippen LogP contribution < -0.4 is 4.90 Å². The Morgan fingerprint density at radius 1 is 1.35 bits per heavy atom. The van der Waals surface area contributed by atoms with Crippen molar-refractivity contribution in [3.05, 3.63) is 30.3 Å². The second kappa shape index (κ2) is 5.94. The Kier molecular flexibility index (Phi) is 4.45. The molecule has 1 saturated heterocycles. The van der Waals surface area contributed by atoms with E-state index in [1.54, 1.807) is 13.8 Å². The van der Waals surface area contributed by atoms with Crippen molar-refractivity contribution in [2.75, 3.05) is 24.5 Å². The molecular weight excluding hydrogens is 252 g/mol. The summed E-state index contributed by atoms with van der Waals surface area (Å²) in [7, 11) is 0. The Hall–Kier alpha value is -1.39. The van der Waals surface area contributed by atoms with Crippen molar-refractivity contribution in [3.8, 4) is 0 Å². The van der Waals surface area contributed by atoms with Crippen molar-refractivity contribution in [2.45, 2.75) is 38.8 Å². The topological polar surface area (TPSA) is 43.8 Å². The molecule has 110 valence electrons. The molecule has 1 amide bonds. The van der Waals surface area contributed by atoms with Gasteiger partial charge in [-0.25, -0.2) is 0 Å². The zero-order chi connectivity index (χ0) is 14.8. The van der Waals surface area contributed by atoms with Crippen LogP contribution in [0.1, 0.15) is 27.2 Å². The highest BCUT2D eigenvalue weighted by Crippen LogP contribution is 2.25. The Labute approximate surface area is 121 Å². The van der Waals surface area contributed by atoms with Gasteiger partial charge in [0.05, 0.1) is 11.6 Å². The number of rotatable bonds is 5. The van der Waals surface area contributed by atoms with Crippen molar-refractivity contribution < 1.29 is 9.90 Å². The van der Waals surface area contributed by atoms with E-state index < -0.39 is 5.60 Å². The number of carbonyl (C=O) groups is 1. The van der Waals surface area contributed by atoms with E-state index in [-0.39, 0.29) is 11.9 Å². The Balaban J connectivity index is 2.10. The van der Waals surface area contributed by atoms with Gasteiger partial charge in [-0.05, 0) is 38.9 Å². The average molecular weight is 276 g/mol. The molecule has 4 heteroatoms. The minimum Gasteiger partial charge on any atom is -0.389 e. The van der Waals surface area contributed by atoms with Crippen molar-refractivity contribution in [1.29, 1.82) is 0 Å². The van der Waals surface area contributed by atoms with E-state index in [9.17, 15) is 9.90 Å². The van der Waals surface area contributed by atoms with Gasteiger partial charge in [-0.15, -0.1) is 0 Å². The van der Waals surface area contributed by atoms with Crippen LogP contribution in [0.2, 0.25) is 0 Å². The van der Waals surface area contributed by atoms with Gasteiger partial charge in [0.15, 0.2) is 0 Å². The number of anilines is 1. The number of likely N-dealkylation sites (N-methyl/N-ethyl adjacent to an activating group) is 1. The molecule has 1 fully saturated rings. The van der Waals surface area contributed by atoms with Gasteiger partial charge in [-0.2, -0.15) is 0 Å². The van der Waals surface area contributed by atoms with E-state index in [1.165, 1.54) is 0 Å². The highest BCUT2D eigenvalue weighted by atomic mass is 16.3. The Morgan fingerprint density at radius 3 is 2.55 bits per heavy atom. The first-order valence-electron chi connectivity index (χ1n) is 7.25. The predicted molar refractivity (Wildman–Crippen MR) is 80.7 cm³/mol. The second-order valence-electron chi connectivity index (χ2n) is 6.01. The van der Waals surface area contributed by atoms with Crippen molar-refractivity contribution in [1.82, 2.24) is 4.90 Å².